The minimum Gasteiger partial charge on any atom is -0.394 e. The Bertz CT molecular complexity index is 375. The van der Waals surface area contributed by atoms with E-state index in [4.69, 9.17) is 0 Å². The minimum absolute atomic E-state index is 0.000940. The lowest BCUT2D eigenvalue weighted by atomic mass is 9.75. The maximum atomic E-state index is 12.4. The van der Waals surface area contributed by atoms with Crippen LogP contribution in [0.3, 0.4) is 0 Å². The van der Waals surface area contributed by atoms with Gasteiger partial charge in [-0.2, -0.15) is 0 Å². The van der Waals surface area contributed by atoms with E-state index in [1.165, 1.54) is 64.2 Å². The Morgan fingerprint density at radius 1 is 0.778 bits per heavy atom. The molecule has 0 spiro atoms. The van der Waals surface area contributed by atoms with E-state index >= 15 is 0 Å². The van der Waals surface area contributed by atoms with Gasteiger partial charge in [0.15, 0.2) is 0 Å². The largest absolute Gasteiger partial charge is 0.394 e. The van der Waals surface area contributed by atoms with Crippen molar-refractivity contribution >= 4 is 5.91 Å². The van der Waals surface area contributed by atoms with Gasteiger partial charge in [-0.05, 0) is 18.8 Å². The molecule has 4 atom stereocenters. The Morgan fingerprint density at radius 3 is 1.81 bits per heavy atom. The number of hydrogen-bond acceptors (Lipinski definition) is 3. The molecule has 4 heteroatoms. The highest BCUT2D eigenvalue weighted by Gasteiger charge is 2.41. The maximum absolute atomic E-state index is 12.4. The van der Waals surface area contributed by atoms with Gasteiger partial charge in [-0.1, -0.05) is 97.3 Å². The van der Waals surface area contributed by atoms with Gasteiger partial charge in [0, 0.05) is 5.92 Å². The quantitative estimate of drug-likeness (QED) is 0.330. The van der Waals surface area contributed by atoms with Crippen LogP contribution in [-0.2, 0) is 4.79 Å². The van der Waals surface area contributed by atoms with Crippen LogP contribution in [0.1, 0.15) is 110 Å². The second kappa shape index (κ2) is 15.3. The summed E-state index contributed by atoms with van der Waals surface area (Å²) in [7, 11) is 0. The van der Waals surface area contributed by atoms with Crippen molar-refractivity contribution in [2.24, 2.45) is 11.8 Å². The van der Waals surface area contributed by atoms with E-state index in [1.807, 2.05) is 0 Å². The topological polar surface area (TPSA) is 69.6 Å². The van der Waals surface area contributed by atoms with Crippen molar-refractivity contribution in [3.63, 3.8) is 0 Å². The predicted molar refractivity (Wildman–Crippen MR) is 113 cm³/mol. The van der Waals surface area contributed by atoms with Gasteiger partial charge in [-0.3, -0.25) is 4.79 Å². The molecular weight excluding hydrogens is 338 g/mol. The van der Waals surface area contributed by atoms with E-state index < -0.39 is 12.1 Å². The zero-order valence-corrected chi connectivity index (χ0v) is 17.9. The number of amides is 1. The molecule has 27 heavy (non-hydrogen) atoms. The second-order valence-electron chi connectivity index (χ2n) is 8.53. The summed E-state index contributed by atoms with van der Waals surface area (Å²) >= 11 is 0. The molecule has 1 amide bonds. The third kappa shape index (κ3) is 9.43. The molecule has 0 aliphatic carbocycles. The van der Waals surface area contributed by atoms with E-state index in [1.54, 1.807) is 0 Å². The van der Waals surface area contributed by atoms with Gasteiger partial charge in [-0.25, -0.2) is 0 Å². The van der Waals surface area contributed by atoms with Gasteiger partial charge >= 0.3 is 0 Å². The summed E-state index contributed by atoms with van der Waals surface area (Å²) in [6.45, 7) is 4.21. The molecular formula is C23H45NO3. The summed E-state index contributed by atoms with van der Waals surface area (Å²) < 4.78 is 0. The fraction of sp³-hybridized carbons (Fsp3) is 0.957. The summed E-state index contributed by atoms with van der Waals surface area (Å²) in [4.78, 5) is 12.4. The smallest absolute Gasteiger partial charge is 0.223 e. The number of carbonyl (C=O) groups is 1. The molecule has 1 aliphatic heterocycles. The van der Waals surface area contributed by atoms with E-state index in [0.717, 1.165) is 32.1 Å². The van der Waals surface area contributed by atoms with Crippen LogP contribution in [0.5, 0.6) is 0 Å². The summed E-state index contributed by atoms with van der Waals surface area (Å²) in [5, 5.41) is 22.9. The molecule has 0 bridgehead atoms. The van der Waals surface area contributed by atoms with Gasteiger partial charge in [0.2, 0.25) is 5.91 Å². The monoisotopic (exact) mass is 383 g/mol. The summed E-state index contributed by atoms with van der Waals surface area (Å²) in [5.74, 6) is -0.0623. The van der Waals surface area contributed by atoms with Crippen LogP contribution in [0.4, 0.5) is 0 Å². The number of nitrogens with one attached hydrogen (secondary N) is 1. The van der Waals surface area contributed by atoms with Crippen molar-refractivity contribution < 1.29 is 15.0 Å². The lowest BCUT2D eigenvalue weighted by Crippen LogP contribution is -2.58. The van der Waals surface area contributed by atoms with Crippen LogP contribution in [-0.4, -0.2) is 34.9 Å². The molecule has 1 saturated heterocycles. The first kappa shape index (κ1) is 24.4. The van der Waals surface area contributed by atoms with Crippen molar-refractivity contribution in [2.75, 3.05) is 6.61 Å². The number of carbonyl (C=O) groups excluding carboxylic acids is 1. The molecule has 0 saturated carbocycles. The Hall–Kier alpha value is -0.610. The zero-order valence-electron chi connectivity index (χ0n) is 17.9. The maximum Gasteiger partial charge on any atom is 0.223 e. The highest BCUT2D eigenvalue weighted by Crippen LogP contribution is 2.32. The first-order valence-electron chi connectivity index (χ1n) is 11.7. The van der Waals surface area contributed by atoms with E-state index in [2.05, 4.69) is 19.2 Å². The van der Waals surface area contributed by atoms with Gasteiger partial charge < -0.3 is 15.5 Å². The summed E-state index contributed by atoms with van der Waals surface area (Å²) in [6.07, 6.45) is 17.6. The van der Waals surface area contributed by atoms with Crippen LogP contribution in [0.25, 0.3) is 0 Å². The number of rotatable bonds is 16. The van der Waals surface area contributed by atoms with E-state index in [0.29, 0.717) is 0 Å². The fourth-order valence-corrected chi connectivity index (χ4v) is 4.45. The zero-order chi connectivity index (χ0) is 19.9. The summed E-state index contributed by atoms with van der Waals surface area (Å²) in [5.41, 5.74) is 0. The molecule has 4 nitrogen and oxygen atoms in total. The minimum atomic E-state index is -0.613. The normalized spacial score (nSPS) is 25.6. The number of piperidine rings is 1. The Labute approximate surface area is 167 Å². The molecule has 0 aromatic carbocycles. The van der Waals surface area contributed by atoms with Gasteiger partial charge in [0.05, 0.1) is 18.8 Å². The average Bonchev–Trinajstić information content (AvgIpc) is 2.67. The standard InChI is InChI=1S/C23H45NO3/c1-3-5-7-8-9-10-11-12-13-14-15-17-19-20(16-6-4-2)23(27)24-21(18-25)22(19)26/h19-22,25-26H,3-18H2,1-2H3,(H,24,27)/t19-,20-,21-,22+/m0/s1. The third-order valence-electron chi connectivity index (χ3n) is 6.24. The van der Waals surface area contributed by atoms with Gasteiger partial charge in [0.1, 0.15) is 0 Å². The highest BCUT2D eigenvalue weighted by molar-refractivity contribution is 5.80. The van der Waals surface area contributed by atoms with Crippen molar-refractivity contribution in [1.82, 2.24) is 5.32 Å². The second-order valence-corrected chi connectivity index (χ2v) is 8.53. The van der Waals surface area contributed by atoms with Crippen molar-refractivity contribution in [3.8, 4) is 0 Å². The lowest BCUT2D eigenvalue weighted by molar-refractivity contribution is -0.138. The van der Waals surface area contributed by atoms with Crippen LogP contribution < -0.4 is 5.32 Å². The van der Waals surface area contributed by atoms with Crippen molar-refractivity contribution in [3.05, 3.63) is 0 Å². The third-order valence-corrected chi connectivity index (χ3v) is 6.24. The lowest BCUT2D eigenvalue weighted by Gasteiger charge is -2.40. The number of unbranched alkanes of at least 4 members (excludes halogenated alkanes) is 11. The Morgan fingerprint density at radius 2 is 1.30 bits per heavy atom. The van der Waals surface area contributed by atoms with Gasteiger partial charge in [0.25, 0.3) is 0 Å². The first-order chi connectivity index (χ1) is 13.2. The highest BCUT2D eigenvalue weighted by atomic mass is 16.3. The van der Waals surface area contributed by atoms with Gasteiger partial charge in [-0.15, -0.1) is 0 Å². The molecule has 0 aromatic heterocycles. The van der Waals surface area contributed by atoms with Crippen LogP contribution >= 0.6 is 0 Å². The predicted octanol–water partition coefficient (Wildman–Crippen LogP) is 4.96. The molecule has 1 heterocycles. The summed E-state index contributed by atoms with van der Waals surface area (Å²) in [6, 6.07) is -0.493. The van der Waals surface area contributed by atoms with Crippen molar-refractivity contribution in [1.29, 1.82) is 0 Å². The van der Waals surface area contributed by atoms with E-state index in [9.17, 15) is 15.0 Å². The number of aliphatic hydroxyl groups is 2. The average molecular weight is 384 g/mol. The Kier molecular flexibility index (Phi) is 13.9. The van der Waals surface area contributed by atoms with Crippen LogP contribution in [0.15, 0.2) is 0 Å². The Balaban J connectivity index is 2.23. The fourth-order valence-electron chi connectivity index (χ4n) is 4.45. The molecule has 0 aromatic rings. The molecule has 0 radical (unpaired) electrons. The first-order valence-corrected chi connectivity index (χ1v) is 11.7. The molecule has 1 rings (SSSR count). The SMILES string of the molecule is CCCCCCCCCCCCC[C@@H]1[C@@H](O)[C@H](CO)NC(=O)[C@H]1CCCC. The molecule has 1 aliphatic rings. The van der Waals surface area contributed by atoms with E-state index in [-0.39, 0.29) is 24.3 Å². The number of hydrogen-bond donors (Lipinski definition) is 3. The van der Waals surface area contributed by atoms with Crippen molar-refractivity contribution in [2.45, 2.75) is 122 Å². The molecule has 3 N–H and O–H groups in total. The van der Waals surface area contributed by atoms with Crippen LogP contribution in [0.2, 0.25) is 0 Å². The molecule has 1 fully saturated rings. The molecule has 0 unspecified atom stereocenters. The number of aliphatic hydroxyl groups excluding tert-OH is 2. The molecule has 160 valence electrons. The van der Waals surface area contributed by atoms with Crippen LogP contribution in [0, 0.1) is 11.8 Å².